The molecule has 2 heterocycles. The second kappa shape index (κ2) is 6.20. The fourth-order valence-electron chi connectivity index (χ4n) is 2.51. The number of rotatable bonds is 4. The third-order valence-electron chi connectivity index (χ3n) is 3.78. The number of hydrogen-bond donors (Lipinski definition) is 1. The minimum absolute atomic E-state index is 0.286. The van der Waals surface area contributed by atoms with Crippen molar-refractivity contribution in [2.45, 2.75) is 46.0 Å². The molecule has 0 saturated carbocycles. The topological polar surface area (TPSA) is 66.3 Å². The molecule has 0 aromatic carbocycles. The Morgan fingerprint density at radius 3 is 2.85 bits per heavy atom. The summed E-state index contributed by atoms with van der Waals surface area (Å²) < 4.78 is 0. The minimum Gasteiger partial charge on any atom is -0.481 e. The van der Waals surface area contributed by atoms with Crippen molar-refractivity contribution in [2.24, 2.45) is 5.92 Å². The van der Waals surface area contributed by atoms with E-state index in [1.54, 1.807) is 0 Å². The van der Waals surface area contributed by atoms with Gasteiger partial charge in [0.05, 0.1) is 5.92 Å². The number of aliphatic carboxylic acids is 1. The van der Waals surface area contributed by atoms with Crippen molar-refractivity contribution in [3.05, 3.63) is 17.6 Å². The summed E-state index contributed by atoms with van der Waals surface area (Å²) in [5.74, 6) is 1.08. The summed E-state index contributed by atoms with van der Waals surface area (Å²) in [5, 5.41) is 9.19. The van der Waals surface area contributed by atoms with Crippen LogP contribution in [0.15, 0.2) is 6.07 Å². The lowest BCUT2D eigenvalue weighted by molar-refractivity contribution is -0.141. The summed E-state index contributed by atoms with van der Waals surface area (Å²) in [4.78, 5) is 22.4. The first kappa shape index (κ1) is 14.8. The second-order valence-electron chi connectivity index (χ2n) is 5.70. The van der Waals surface area contributed by atoms with Gasteiger partial charge in [-0.2, -0.15) is 0 Å². The summed E-state index contributed by atoms with van der Waals surface area (Å²) in [7, 11) is 0. The van der Waals surface area contributed by atoms with Crippen LogP contribution in [0.5, 0.6) is 0 Å². The molecule has 0 amide bonds. The Balaban J connectivity index is 2.26. The largest absolute Gasteiger partial charge is 0.481 e. The van der Waals surface area contributed by atoms with Crippen LogP contribution in [-0.2, 0) is 11.2 Å². The highest BCUT2D eigenvalue weighted by Crippen LogP contribution is 2.24. The molecule has 1 aromatic heterocycles. The average molecular weight is 277 g/mol. The Labute approximate surface area is 120 Å². The molecule has 1 aliphatic rings. The van der Waals surface area contributed by atoms with Gasteiger partial charge in [-0.3, -0.25) is 4.79 Å². The van der Waals surface area contributed by atoms with Gasteiger partial charge in [0, 0.05) is 31.3 Å². The van der Waals surface area contributed by atoms with E-state index in [0.29, 0.717) is 12.5 Å². The van der Waals surface area contributed by atoms with Gasteiger partial charge >= 0.3 is 5.97 Å². The summed E-state index contributed by atoms with van der Waals surface area (Å²) in [6, 6.07) is 2.01. The van der Waals surface area contributed by atoms with Crippen molar-refractivity contribution >= 4 is 11.8 Å². The number of piperidine rings is 1. The first-order chi connectivity index (χ1) is 9.51. The standard InChI is InChI=1S/C15H23N3O2/c1-4-13-16-12(10(2)3)8-14(17-13)18-7-5-6-11(9-18)15(19)20/h8,10-11H,4-7,9H2,1-3H3,(H,19,20). The SMILES string of the molecule is CCc1nc(C(C)C)cc(N2CCCC(C(=O)O)C2)n1. The van der Waals surface area contributed by atoms with Crippen LogP contribution >= 0.6 is 0 Å². The molecule has 1 aromatic rings. The van der Waals surface area contributed by atoms with Crippen LogP contribution in [0.3, 0.4) is 0 Å². The zero-order valence-electron chi connectivity index (χ0n) is 12.5. The molecule has 20 heavy (non-hydrogen) atoms. The van der Waals surface area contributed by atoms with Crippen molar-refractivity contribution in [1.82, 2.24) is 9.97 Å². The fraction of sp³-hybridized carbons (Fsp3) is 0.667. The van der Waals surface area contributed by atoms with Gasteiger partial charge in [-0.1, -0.05) is 20.8 Å². The molecule has 1 N–H and O–H groups in total. The Hall–Kier alpha value is -1.65. The number of anilines is 1. The number of hydrogen-bond acceptors (Lipinski definition) is 4. The van der Waals surface area contributed by atoms with Gasteiger partial charge in [0.2, 0.25) is 0 Å². The molecule has 0 radical (unpaired) electrons. The molecule has 5 nitrogen and oxygen atoms in total. The summed E-state index contributed by atoms with van der Waals surface area (Å²) >= 11 is 0. The predicted molar refractivity (Wildman–Crippen MR) is 78.1 cm³/mol. The molecule has 1 saturated heterocycles. The van der Waals surface area contributed by atoms with Crippen LogP contribution in [0.1, 0.15) is 51.0 Å². The fourth-order valence-corrected chi connectivity index (χ4v) is 2.51. The number of nitrogens with zero attached hydrogens (tertiary/aromatic N) is 3. The summed E-state index contributed by atoms with van der Waals surface area (Å²) in [6.45, 7) is 7.69. The molecule has 1 fully saturated rings. The van der Waals surface area contributed by atoms with Crippen molar-refractivity contribution < 1.29 is 9.90 Å². The molecule has 0 aliphatic carbocycles. The average Bonchev–Trinajstić information content (AvgIpc) is 2.46. The van der Waals surface area contributed by atoms with Crippen LogP contribution in [0.25, 0.3) is 0 Å². The minimum atomic E-state index is -0.705. The number of carboxylic acids is 1. The molecule has 0 spiro atoms. The van der Waals surface area contributed by atoms with Gasteiger partial charge in [0.15, 0.2) is 0 Å². The van der Waals surface area contributed by atoms with Crippen LogP contribution in [0, 0.1) is 5.92 Å². The molecular formula is C15H23N3O2. The van der Waals surface area contributed by atoms with E-state index in [2.05, 4.69) is 28.7 Å². The maximum Gasteiger partial charge on any atom is 0.308 e. The number of carboxylic acid groups (broad SMARTS) is 1. The van der Waals surface area contributed by atoms with E-state index in [0.717, 1.165) is 43.1 Å². The van der Waals surface area contributed by atoms with Gasteiger partial charge < -0.3 is 10.0 Å². The van der Waals surface area contributed by atoms with Crippen LogP contribution in [0.2, 0.25) is 0 Å². The van der Waals surface area contributed by atoms with Gasteiger partial charge in [0.25, 0.3) is 0 Å². The summed E-state index contributed by atoms with van der Waals surface area (Å²) in [5.41, 5.74) is 1.03. The first-order valence-corrected chi connectivity index (χ1v) is 7.36. The number of aromatic nitrogens is 2. The maximum atomic E-state index is 11.2. The molecule has 1 unspecified atom stereocenters. The third kappa shape index (κ3) is 3.26. The van der Waals surface area contributed by atoms with E-state index in [4.69, 9.17) is 0 Å². The van der Waals surface area contributed by atoms with Gasteiger partial charge in [0.1, 0.15) is 11.6 Å². The monoisotopic (exact) mass is 277 g/mol. The van der Waals surface area contributed by atoms with Crippen LogP contribution in [0.4, 0.5) is 5.82 Å². The smallest absolute Gasteiger partial charge is 0.308 e. The Kier molecular flexibility index (Phi) is 4.57. The van der Waals surface area contributed by atoms with E-state index >= 15 is 0 Å². The zero-order chi connectivity index (χ0) is 14.7. The molecule has 5 heteroatoms. The lowest BCUT2D eigenvalue weighted by Crippen LogP contribution is -2.39. The highest BCUT2D eigenvalue weighted by molar-refractivity contribution is 5.71. The first-order valence-electron chi connectivity index (χ1n) is 7.36. The predicted octanol–water partition coefficient (Wildman–Crippen LogP) is 2.46. The molecule has 0 bridgehead atoms. The van der Waals surface area contributed by atoms with E-state index in [-0.39, 0.29) is 5.92 Å². The molecule has 1 aliphatic heterocycles. The Bertz CT molecular complexity index is 488. The van der Waals surface area contributed by atoms with Crippen LogP contribution < -0.4 is 4.90 Å². The van der Waals surface area contributed by atoms with Crippen LogP contribution in [-0.4, -0.2) is 34.1 Å². The van der Waals surface area contributed by atoms with Gasteiger partial charge in [-0.15, -0.1) is 0 Å². The van der Waals surface area contributed by atoms with E-state index < -0.39 is 5.97 Å². The highest BCUT2D eigenvalue weighted by Gasteiger charge is 2.26. The van der Waals surface area contributed by atoms with Crippen molar-refractivity contribution in [2.75, 3.05) is 18.0 Å². The van der Waals surface area contributed by atoms with Gasteiger partial charge in [-0.05, 0) is 18.8 Å². The maximum absolute atomic E-state index is 11.2. The van der Waals surface area contributed by atoms with E-state index in [1.165, 1.54) is 0 Å². The molecule has 2 rings (SSSR count). The van der Waals surface area contributed by atoms with E-state index in [9.17, 15) is 9.90 Å². The zero-order valence-corrected chi connectivity index (χ0v) is 12.5. The molecule has 1 atom stereocenters. The third-order valence-corrected chi connectivity index (χ3v) is 3.78. The Morgan fingerprint density at radius 1 is 1.50 bits per heavy atom. The normalized spacial score (nSPS) is 19.4. The molecule has 110 valence electrons. The van der Waals surface area contributed by atoms with Gasteiger partial charge in [-0.25, -0.2) is 9.97 Å². The quantitative estimate of drug-likeness (QED) is 0.915. The van der Waals surface area contributed by atoms with E-state index in [1.807, 2.05) is 13.0 Å². The second-order valence-corrected chi connectivity index (χ2v) is 5.70. The van der Waals surface area contributed by atoms with Crippen molar-refractivity contribution in [3.63, 3.8) is 0 Å². The highest BCUT2D eigenvalue weighted by atomic mass is 16.4. The lowest BCUT2D eigenvalue weighted by Gasteiger charge is -2.32. The molecular weight excluding hydrogens is 254 g/mol. The van der Waals surface area contributed by atoms with Crippen molar-refractivity contribution in [1.29, 1.82) is 0 Å². The summed E-state index contributed by atoms with van der Waals surface area (Å²) in [6.07, 6.45) is 2.46. The van der Waals surface area contributed by atoms with Crippen molar-refractivity contribution in [3.8, 4) is 0 Å². The lowest BCUT2D eigenvalue weighted by atomic mass is 9.98. The Morgan fingerprint density at radius 2 is 2.25 bits per heavy atom. The number of carbonyl (C=O) groups is 1. The number of aryl methyl sites for hydroxylation is 1.